The molecule has 0 fully saturated rings. The average Bonchev–Trinajstić information content (AvgIpc) is 2.51. The molecule has 106 valence electrons. The number of methoxy groups -OCH3 is 1. The van der Waals surface area contributed by atoms with Gasteiger partial charge in [0.15, 0.2) is 0 Å². The van der Waals surface area contributed by atoms with Gasteiger partial charge in [0.1, 0.15) is 5.75 Å². The summed E-state index contributed by atoms with van der Waals surface area (Å²) in [6, 6.07) is 11.9. The topological polar surface area (TPSA) is 38.8 Å². The van der Waals surface area contributed by atoms with Crippen molar-refractivity contribution in [3.8, 4) is 5.75 Å². The predicted molar refractivity (Wildman–Crippen MR) is 78.7 cm³/mol. The van der Waals surface area contributed by atoms with Crippen LogP contribution in [0.3, 0.4) is 0 Å². The largest absolute Gasteiger partial charge is 0.497 e. The molecular weight excluding hydrogens is 254 g/mol. The van der Waals surface area contributed by atoms with E-state index in [2.05, 4.69) is 0 Å². The average molecular weight is 273 g/mol. The number of benzene rings is 2. The lowest BCUT2D eigenvalue weighted by Gasteiger charge is -2.19. The fraction of sp³-hybridized carbons (Fsp3) is 0.312. The van der Waals surface area contributed by atoms with Gasteiger partial charge in [-0.2, -0.15) is 0 Å². The minimum Gasteiger partial charge on any atom is -0.497 e. The standard InChI is InChI=1S/C16H19NO3/c1-11(16(18)17(2)20-4)12-5-6-14-10-15(19-3)8-7-13(14)9-12/h5-11H,1-4H3/t11-/m0/s1. The van der Waals surface area contributed by atoms with E-state index in [1.54, 1.807) is 14.2 Å². The number of hydrogen-bond acceptors (Lipinski definition) is 3. The first kappa shape index (κ1) is 14.3. The van der Waals surface area contributed by atoms with Crippen molar-refractivity contribution < 1.29 is 14.4 Å². The van der Waals surface area contributed by atoms with E-state index in [0.717, 1.165) is 22.1 Å². The van der Waals surface area contributed by atoms with Crippen molar-refractivity contribution in [2.45, 2.75) is 12.8 Å². The Morgan fingerprint density at radius 2 is 1.75 bits per heavy atom. The third kappa shape index (κ3) is 2.75. The molecule has 4 heteroatoms. The number of likely N-dealkylation sites (N-methyl/N-ethyl adjacent to an activating group) is 1. The maximum atomic E-state index is 12.1. The van der Waals surface area contributed by atoms with Crippen LogP contribution in [0.4, 0.5) is 0 Å². The van der Waals surface area contributed by atoms with Crippen LogP contribution in [-0.4, -0.2) is 32.2 Å². The molecular formula is C16H19NO3. The molecule has 0 saturated heterocycles. The highest BCUT2D eigenvalue weighted by Gasteiger charge is 2.19. The van der Waals surface area contributed by atoms with Crippen molar-refractivity contribution in [1.29, 1.82) is 0 Å². The first-order valence-corrected chi connectivity index (χ1v) is 6.46. The minimum absolute atomic E-state index is 0.0691. The van der Waals surface area contributed by atoms with Crippen molar-refractivity contribution in [3.63, 3.8) is 0 Å². The van der Waals surface area contributed by atoms with E-state index in [0.29, 0.717) is 0 Å². The van der Waals surface area contributed by atoms with Gasteiger partial charge in [-0.15, -0.1) is 0 Å². The van der Waals surface area contributed by atoms with Gasteiger partial charge in [-0.1, -0.05) is 24.3 Å². The first-order chi connectivity index (χ1) is 9.56. The van der Waals surface area contributed by atoms with Crippen molar-refractivity contribution in [2.24, 2.45) is 0 Å². The lowest BCUT2D eigenvalue weighted by atomic mass is 9.97. The highest BCUT2D eigenvalue weighted by molar-refractivity contribution is 5.88. The molecule has 0 saturated carbocycles. The molecule has 1 amide bonds. The monoisotopic (exact) mass is 273 g/mol. The van der Waals surface area contributed by atoms with Crippen LogP contribution in [0.1, 0.15) is 18.4 Å². The molecule has 1 atom stereocenters. The van der Waals surface area contributed by atoms with Gasteiger partial charge in [0, 0.05) is 7.05 Å². The predicted octanol–water partition coefficient (Wildman–Crippen LogP) is 2.97. The summed E-state index contributed by atoms with van der Waals surface area (Å²) in [5.41, 5.74) is 0.969. The summed E-state index contributed by atoms with van der Waals surface area (Å²) in [6.07, 6.45) is 0. The summed E-state index contributed by atoms with van der Waals surface area (Å²) < 4.78 is 5.21. The number of rotatable bonds is 4. The van der Waals surface area contributed by atoms with Gasteiger partial charge in [-0.05, 0) is 35.4 Å². The second-order valence-corrected chi connectivity index (χ2v) is 4.71. The van der Waals surface area contributed by atoms with E-state index >= 15 is 0 Å². The maximum Gasteiger partial charge on any atom is 0.253 e. The van der Waals surface area contributed by atoms with Gasteiger partial charge in [0.25, 0.3) is 5.91 Å². The summed E-state index contributed by atoms with van der Waals surface area (Å²) in [6.45, 7) is 1.88. The molecule has 0 spiro atoms. The molecule has 0 heterocycles. The summed E-state index contributed by atoms with van der Waals surface area (Å²) in [4.78, 5) is 17.0. The van der Waals surface area contributed by atoms with Crippen LogP contribution in [0, 0.1) is 0 Å². The highest BCUT2D eigenvalue weighted by atomic mass is 16.7. The molecule has 0 aliphatic heterocycles. The van der Waals surface area contributed by atoms with Crippen LogP contribution >= 0.6 is 0 Å². The maximum absolute atomic E-state index is 12.1. The first-order valence-electron chi connectivity index (χ1n) is 6.46. The van der Waals surface area contributed by atoms with Gasteiger partial charge < -0.3 is 4.74 Å². The number of nitrogens with zero attached hydrogens (tertiary/aromatic N) is 1. The summed E-state index contributed by atoms with van der Waals surface area (Å²) in [5, 5.41) is 3.43. The molecule has 20 heavy (non-hydrogen) atoms. The van der Waals surface area contributed by atoms with Gasteiger partial charge in [0.2, 0.25) is 0 Å². The Balaban J connectivity index is 2.34. The zero-order valence-corrected chi connectivity index (χ0v) is 12.2. The summed E-state index contributed by atoms with van der Waals surface area (Å²) in [5.74, 6) is 0.514. The number of hydroxylamine groups is 2. The van der Waals surface area contributed by atoms with E-state index in [1.165, 1.54) is 12.2 Å². The molecule has 2 aromatic carbocycles. The van der Waals surface area contributed by atoms with Gasteiger partial charge in [-0.25, -0.2) is 5.06 Å². The number of carbonyl (C=O) groups excluding carboxylic acids is 1. The zero-order valence-electron chi connectivity index (χ0n) is 12.2. The van der Waals surface area contributed by atoms with E-state index in [-0.39, 0.29) is 11.8 Å². The van der Waals surface area contributed by atoms with Gasteiger partial charge >= 0.3 is 0 Å². The highest BCUT2D eigenvalue weighted by Crippen LogP contribution is 2.25. The van der Waals surface area contributed by atoms with Gasteiger partial charge in [0.05, 0.1) is 20.1 Å². The Labute approximate surface area is 118 Å². The van der Waals surface area contributed by atoms with Crippen molar-refractivity contribution in [3.05, 3.63) is 42.0 Å². The molecule has 0 aliphatic carbocycles. The fourth-order valence-electron chi connectivity index (χ4n) is 2.14. The number of ether oxygens (including phenoxy) is 1. The van der Waals surface area contributed by atoms with E-state index < -0.39 is 0 Å². The van der Waals surface area contributed by atoms with E-state index in [4.69, 9.17) is 9.57 Å². The third-order valence-electron chi connectivity index (χ3n) is 3.53. The van der Waals surface area contributed by atoms with Crippen molar-refractivity contribution in [2.75, 3.05) is 21.3 Å². The molecule has 0 unspecified atom stereocenters. The number of hydrogen-bond donors (Lipinski definition) is 0. The zero-order chi connectivity index (χ0) is 14.7. The lowest BCUT2D eigenvalue weighted by molar-refractivity contribution is -0.170. The van der Waals surface area contributed by atoms with E-state index in [1.807, 2.05) is 43.3 Å². The molecule has 4 nitrogen and oxygen atoms in total. The van der Waals surface area contributed by atoms with Crippen LogP contribution < -0.4 is 4.74 Å². The Kier molecular flexibility index (Phi) is 4.25. The van der Waals surface area contributed by atoms with Crippen LogP contribution in [0.5, 0.6) is 5.75 Å². The van der Waals surface area contributed by atoms with Crippen LogP contribution in [-0.2, 0) is 9.63 Å². The molecule has 2 rings (SSSR count). The molecule has 0 radical (unpaired) electrons. The second-order valence-electron chi connectivity index (χ2n) is 4.71. The fourth-order valence-corrected chi connectivity index (χ4v) is 2.14. The SMILES string of the molecule is COc1ccc2cc([C@H](C)C(=O)N(C)OC)ccc2c1. The summed E-state index contributed by atoms with van der Waals surface area (Å²) >= 11 is 0. The number of amides is 1. The lowest BCUT2D eigenvalue weighted by Crippen LogP contribution is -2.29. The minimum atomic E-state index is -0.244. The van der Waals surface area contributed by atoms with Crippen molar-refractivity contribution in [1.82, 2.24) is 5.06 Å². The smallest absolute Gasteiger partial charge is 0.253 e. The Bertz CT molecular complexity index is 624. The molecule has 2 aromatic rings. The van der Waals surface area contributed by atoms with Crippen LogP contribution in [0.15, 0.2) is 36.4 Å². The van der Waals surface area contributed by atoms with Gasteiger partial charge in [-0.3, -0.25) is 9.63 Å². The normalized spacial score (nSPS) is 12.2. The number of fused-ring (bicyclic) bond motifs is 1. The van der Waals surface area contributed by atoms with Crippen LogP contribution in [0.2, 0.25) is 0 Å². The Morgan fingerprint density at radius 1 is 1.10 bits per heavy atom. The van der Waals surface area contributed by atoms with Crippen LogP contribution in [0.25, 0.3) is 10.8 Å². The van der Waals surface area contributed by atoms with E-state index in [9.17, 15) is 4.79 Å². The molecule has 0 aromatic heterocycles. The molecule has 0 aliphatic rings. The Hall–Kier alpha value is -2.07. The summed E-state index contributed by atoms with van der Waals surface area (Å²) in [7, 11) is 4.75. The second kappa shape index (κ2) is 5.92. The molecule has 0 N–H and O–H groups in total. The number of carbonyl (C=O) groups is 1. The quantitative estimate of drug-likeness (QED) is 0.804. The van der Waals surface area contributed by atoms with Crippen molar-refractivity contribution >= 4 is 16.7 Å². The molecule has 0 bridgehead atoms. The Morgan fingerprint density at radius 3 is 2.40 bits per heavy atom. The third-order valence-corrected chi connectivity index (χ3v) is 3.53.